The molecule has 55 heavy (non-hydrogen) atoms. The number of fused-ring (bicyclic) bond motifs is 3. The Hall–Kier alpha value is -3.93. The van der Waals surface area contributed by atoms with Crippen LogP contribution in [0.15, 0.2) is 59.9 Å². The second-order valence-electron chi connectivity index (χ2n) is 14.8. The van der Waals surface area contributed by atoms with Crippen molar-refractivity contribution in [2.45, 2.75) is 91.5 Å². The highest BCUT2D eigenvalue weighted by atomic mass is 35.5. The lowest BCUT2D eigenvalue weighted by molar-refractivity contribution is -0.126. The lowest BCUT2D eigenvalue weighted by Crippen LogP contribution is -2.48. The SMILES string of the molecule is C=C(N)CNC(=O)Cc1ccccc1F.CCCC.CC[C@H](C)C(NC(=O)C1CCc2[nH]c3c(Cl)cc(F)cc3c2C1)C(NCCN1CCOCC1)=C1CC1. The third-order valence-electron chi connectivity index (χ3n) is 10.5. The first-order chi connectivity index (χ1) is 26.4. The summed E-state index contributed by atoms with van der Waals surface area (Å²) in [6.07, 6.45) is 8.00. The van der Waals surface area contributed by atoms with E-state index < -0.39 is 0 Å². The number of H-pyrrole nitrogens is 1. The molecule has 9 nitrogen and oxygen atoms in total. The molecule has 0 bridgehead atoms. The molecule has 3 aromatic rings. The zero-order valence-electron chi connectivity index (χ0n) is 33.1. The number of morpholine rings is 1. The van der Waals surface area contributed by atoms with E-state index in [1.165, 1.54) is 42.3 Å². The van der Waals surface area contributed by atoms with Crippen molar-refractivity contribution in [1.29, 1.82) is 0 Å². The monoisotopic (exact) mass is 782 g/mol. The Bertz CT molecular complexity index is 1760. The third-order valence-corrected chi connectivity index (χ3v) is 10.8. The Labute approximate surface area is 330 Å². The van der Waals surface area contributed by atoms with E-state index in [2.05, 4.69) is 60.1 Å². The summed E-state index contributed by atoms with van der Waals surface area (Å²) in [6, 6.07) is 9.03. The molecule has 6 N–H and O–H groups in total. The van der Waals surface area contributed by atoms with Crippen LogP contribution < -0.4 is 21.7 Å². The third kappa shape index (κ3) is 13.4. The number of rotatable bonds is 14. The molecule has 1 saturated carbocycles. The second kappa shape index (κ2) is 22.0. The number of benzene rings is 2. The zero-order valence-corrected chi connectivity index (χ0v) is 33.9. The number of nitrogens with one attached hydrogen (secondary N) is 4. The first-order valence-electron chi connectivity index (χ1n) is 19.9. The molecule has 6 rings (SSSR count). The fourth-order valence-corrected chi connectivity index (χ4v) is 6.97. The van der Waals surface area contributed by atoms with E-state index in [9.17, 15) is 18.4 Å². The number of amides is 2. The number of aryl methyl sites for hydroxylation is 1. The Morgan fingerprint density at radius 2 is 1.78 bits per heavy atom. The van der Waals surface area contributed by atoms with Crippen molar-refractivity contribution in [3.63, 3.8) is 0 Å². The number of hydrogen-bond donors (Lipinski definition) is 5. The normalized spacial score (nSPS) is 17.4. The Balaban J connectivity index is 0.000000295. The Kier molecular flexibility index (Phi) is 17.5. The van der Waals surface area contributed by atoms with Crippen molar-refractivity contribution in [3.8, 4) is 0 Å². The molecule has 2 heterocycles. The van der Waals surface area contributed by atoms with Crippen molar-refractivity contribution in [3.05, 3.63) is 93.4 Å². The van der Waals surface area contributed by atoms with Crippen LogP contribution in [0, 0.1) is 23.5 Å². The maximum Gasteiger partial charge on any atom is 0.224 e. The van der Waals surface area contributed by atoms with Gasteiger partial charge in [-0.05, 0) is 72.9 Å². The van der Waals surface area contributed by atoms with E-state index in [0.29, 0.717) is 28.6 Å². The van der Waals surface area contributed by atoms with Gasteiger partial charge in [-0.3, -0.25) is 14.5 Å². The van der Waals surface area contributed by atoms with Crippen LogP contribution in [0.1, 0.15) is 83.0 Å². The smallest absolute Gasteiger partial charge is 0.224 e. The van der Waals surface area contributed by atoms with Gasteiger partial charge in [-0.1, -0.05) is 83.3 Å². The first-order valence-corrected chi connectivity index (χ1v) is 20.3. The Morgan fingerprint density at radius 3 is 2.42 bits per heavy atom. The summed E-state index contributed by atoms with van der Waals surface area (Å²) in [5.74, 6) is -0.707. The topological polar surface area (TPSA) is 125 Å². The quantitative estimate of drug-likeness (QED) is 0.117. The van der Waals surface area contributed by atoms with Crippen LogP contribution >= 0.6 is 11.6 Å². The highest BCUT2D eigenvalue weighted by molar-refractivity contribution is 6.35. The van der Waals surface area contributed by atoms with E-state index in [4.69, 9.17) is 22.1 Å². The number of carbonyl (C=O) groups excluding carboxylic acids is 2. The summed E-state index contributed by atoms with van der Waals surface area (Å²) < 4.78 is 32.7. The fourth-order valence-electron chi connectivity index (χ4n) is 6.72. The summed E-state index contributed by atoms with van der Waals surface area (Å²) in [6.45, 7) is 17.8. The van der Waals surface area contributed by atoms with Gasteiger partial charge >= 0.3 is 0 Å². The maximum absolute atomic E-state index is 14.1. The highest BCUT2D eigenvalue weighted by Gasteiger charge is 2.33. The standard InChI is InChI=1S/C28H38ClFN4O2.C11H13FN2O.C4H10/c1-3-17(2)25(26(18-4-5-18)31-8-9-34-10-12-36-13-11-34)33-28(35)19-6-7-24-21(14-19)22-15-20(30)16-23(29)27(22)32-24;1-8(13)7-14-11(15)6-9-4-2-3-5-10(9)12;1-3-4-2/h15-17,19,25,31-32H,3-14H2,1-2H3,(H,33,35);2-5H,1,6-7,13H2,(H,14,15);3-4H2,1-2H3/t17-,19?,25?;;/m0../s1. The number of aromatic nitrogens is 1. The molecule has 2 fully saturated rings. The summed E-state index contributed by atoms with van der Waals surface area (Å²) in [7, 11) is 0. The van der Waals surface area contributed by atoms with Crippen LogP contribution in [0.4, 0.5) is 8.78 Å². The first kappa shape index (κ1) is 43.8. The van der Waals surface area contributed by atoms with Crippen molar-refractivity contribution in [2.24, 2.45) is 17.6 Å². The molecule has 12 heteroatoms. The van der Waals surface area contributed by atoms with Crippen LogP contribution in [0.3, 0.4) is 0 Å². The molecule has 3 aliphatic rings. The zero-order chi connectivity index (χ0) is 39.9. The predicted molar refractivity (Wildman–Crippen MR) is 219 cm³/mol. The van der Waals surface area contributed by atoms with E-state index in [1.54, 1.807) is 18.2 Å². The van der Waals surface area contributed by atoms with Gasteiger partial charge in [0.2, 0.25) is 11.8 Å². The molecule has 2 aliphatic carbocycles. The van der Waals surface area contributed by atoms with Crippen molar-refractivity contribution in [1.82, 2.24) is 25.8 Å². The number of allylic oxidation sites excluding steroid dienone is 1. The molecule has 1 saturated heterocycles. The van der Waals surface area contributed by atoms with Crippen LogP contribution in [-0.2, 0) is 33.6 Å². The molecule has 2 unspecified atom stereocenters. The van der Waals surface area contributed by atoms with Gasteiger partial charge in [-0.2, -0.15) is 0 Å². The maximum atomic E-state index is 14.1. The molecule has 302 valence electrons. The van der Waals surface area contributed by atoms with Gasteiger partial charge in [0.1, 0.15) is 11.6 Å². The van der Waals surface area contributed by atoms with Crippen molar-refractivity contribution in [2.75, 3.05) is 45.9 Å². The largest absolute Gasteiger partial charge is 0.401 e. The summed E-state index contributed by atoms with van der Waals surface area (Å²) in [5.41, 5.74) is 11.6. The number of unbranched alkanes of at least 4 members (excludes halogenated alkanes) is 1. The van der Waals surface area contributed by atoms with E-state index >= 15 is 0 Å². The molecule has 2 aromatic carbocycles. The molecule has 3 atom stereocenters. The van der Waals surface area contributed by atoms with Crippen molar-refractivity contribution < 1.29 is 23.1 Å². The van der Waals surface area contributed by atoms with Crippen LogP contribution in [0.5, 0.6) is 0 Å². The van der Waals surface area contributed by atoms with Crippen molar-refractivity contribution >= 4 is 34.3 Å². The van der Waals surface area contributed by atoms with Gasteiger partial charge < -0.3 is 31.4 Å². The summed E-state index contributed by atoms with van der Waals surface area (Å²) in [5, 5.41) is 10.9. The van der Waals surface area contributed by atoms with Gasteiger partial charge in [0, 0.05) is 54.6 Å². The molecule has 0 spiro atoms. The average Bonchev–Trinajstić information content (AvgIpc) is 3.96. The van der Waals surface area contributed by atoms with Gasteiger partial charge in [0.15, 0.2) is 0 Å². The molecule has 0 radical (unpaired) electrons. The second-order valence-corrected chi connectivity index (χ2v) is 15.2. The number of ether oxygens (including phenoxy) is 1. The fraction of sp³-hybridized carbons (Fsp3) is 0.535. The average molecular weight is 783 g/mol. The van der Waals surface area contributed by atoms with E-state index in [-0.39, 0.29) is 48.4 Å². The van der Waals surface area contributed by atoms with E-state index in [0.717, 1.165) is 93.7 Å². The number of halogens is 3. The number of hydrogen-bond acceptors (Lipinski definition) is 6. The summed E-state index contributed by atoms with van der Waals surface area (Å²) >= 11 is 6.29. The van der Waals surface area contributed by atoms with Crippen LogP contribution in [-0.4, -0.2) is 73.7 Å². The minimum Gasteiger partial charge on any atom is -0.401 e. The van der Waals surface area contributed by atoms with Gasteiger partial charge in [0.05, 0.1) is 42.8 Å². The van der Waals surface area contributed by atoms with Gasteiger partial charge in [-0.25, -0.2) is 8.78 Å². The van der Waals surface area contributed by atoms with Crippen LogP contribution in [0.25, 0.3) is 10.9 Å². The van der Waals surface area contributed by atoms with Crippen LogP contribution in [0.2, 0.25) is 5.02 Å². The number of nitrogens with zero attached hydrogens (tertiary/aromatic N) is 1. The molecule has 2 amide bonds. The summed E-state index contributed by atoms with van der Waals surface area (Å²) in [4.78, 5) is 30.7. The number of nitrogens with two attached hydrogens (primary N) is 1. The Morgan fingerprint density at radius 1 is 1.07 bits per heavy atom. The molecule has 1 aromatic heterocycles. The minimum absolute atomic E-state index is 0.0130. The molecule has 1 aliphatic heterocycles. The number of aromatic amines is 1. The van der Waals surface area contributed by atoms with Gasteiger partial charge in [0.25, 0.3) is 0 Å². The minimum atomic E-state index is -0.376. The lowest BCUT2D eigenvalue weighted by Gasteiger charge is -2.32. The molecular weight excluding hydrogens is 722 g/mol. The van der Waals surface area contributed by atoms with E-state index in [1.807, 2.05) is 0 Å². The predicted octanol–water partition coefficient (Wildman–Crippen LogP) is 7.33. The van der Waals surface area contributed by atoms with Gasteiger partial charge in [-0.15, -0.1) is 0 Å². The lowest BCUT2D eigenvalue weighted by atomic mass is 9.85. The highest BCUT2D eigenvalue weighted by Crippen LogP contribution is 2.37. The number of carbonyl (C=O) groups is 2. The molecular formula is C43H61ClF2N6O3.